The molecule has 0 saturated carbocycles. The third kappa shape index (κ3) is 2.93. The van der Waals surface area contributed by atoms with E-state index in [1.54, 1.807) is 6.26 Å². The zero-order chi connectivity index (χ0) is 13.0. The molecular formula is C14H22N2O2. The topological polar surface area (TPSA) is 54.3 Å². The van der Waals surface area contributed by atoms with Crippen LogP contribution in [0.25, 0.3) is 0 Å². The largest absolute Gasteiger partial charge is 0.469 e. The number of carbonyl (C=O) groups excluding carboxylic acids is 1. The van der Waals surface area contributed by atoms with Crippen molar-refractivity contribution in [3.8, 4) is 0 Å². The highest BCUT2D eigenvalue weighted by Gasteiger charge is 2.25. The summed E-state index contributed by atoms with van der Waals surface area (Å²) in [5, 5.41) is 6.33. The molecule has 1 aromatic heterocycles. The van der Waals surface area contributed by atoms with Gasteiger partial charge in [0.2, 0.25) is 5.91 Å². The first-order chi connectivity index (χ1) is 8.72. The molecule has 4 nitrogen and oxygen atoms in total. The van der Waals surface area contributed by atoms with Crippen molar-refractivity contribution in [1.82, 2.24) is 10.6 Å². The molecule has 4 heteroatoms. The number of hydrogen-bond donors (Lipinski definition) is 2. The number of aryl methyl sites for hydroxylation is 1. The third-order valence-electron chi connectivity index (χ3n) is 3.52. The van der Waals surface area contributed by atoms with E-state index < -0.39 is 0 Å². The number of carbonyl (C=O) groups is 1. The maximum atomic E-state index is 12.1. The number of furan rings is 1. The van der Waals surface area contributed by atoms with Crippen molar-refractivity contribution in [3.05, 3.63) is 23.7 Å². The van der Waals surface area contributed by atoms with Gasteiger partial charge in [0.1, 0.15) is 5.76 Å². The van der Waals surface area contributed by atoms with Gasteiger partial charge in [0.25, 0.3) is 0 Å². The van der Waals surface area contributed by atoms with E-state index in [2.05, 4.69) is 10.6 Å². The van der Waals surface area contributed by atoms with E-state index in [0.29, 0.717) is 0 Å². The van der Waals surface area contributed by atoms with Crippen LogP contribution in [0, 0.1) is 5.92 Å². The van der Waals surface area contributed by atoms with E-state index in [-0.39, 0.29) is 17.9 Å². The van der Waals surface area contributed by atoms with Gasteiger partial charge in [-0.3, -0.25) is 4.79 Å². The monoisotopic (exact) mass is 250 g/mol. The number of fused-ring (bicyclic) bond motifs is 1. The standard InChI is InChI=1S/C14H22N2O2/c1-3-15-9-10(2)14(17)16-12-5-4-6-13-11(12)7-8-18-13/h7-8,10,12,15H,3-6,9H2,1-2H3,(H,16,17). The van der Waals surface area contributed by atoms with Crippen molar-refractivity contribution in [2.75, 3.05) is 13.1 Å². The Bertz CT molecular complexity index is 400. The van der Waals surface area contributed by atoms with Crippen molar-refractivity contribution >= 4 is 5.91 Å². The zero-order valence-corrected chi connectivity index (χ0v) is 11.2. The third-order valence-corrected chi connectivity index (χ3v) is 3.52. The average Bonchev–Trinajstić information content (AvgIpc) is 2.85. The summed E-state index contributed by atoms with van der Waals surface area (Å²) in [5.74, 6) is 1.16. The van der Waals surface area contributed by atoms with Crippen molar-refractivity contribution in [1.29, 1.82) is 0 Å². The maximum Gasteiger partial charge on any atom is 0.224 e. The summed E-state index contributed by atoms with van der Waals surface area (Å²) in [6.45, 7) is 5.63. The van der Waals surface area contributed by atoms with Gasteiger partial charge in [-0.1, -0.05) is 13.8 Å². The molecule has 0 radical (unpaired) electrons. The molecule has 2 atom stereocenters. The molecule has 0 saturated heterocycles. The van der Waals surface area contributed by atoms with E-state index >= 15 is 0 Å². The Balaban J connectivity index is 1.93. The van der Waals surface area contributed by atoms with Crippen LogP contribution in [0.5, 0.6) is 0 Å². The highest BCUT2D eigenvalue weighted by atomic mass is 16.3. The van der Waals surface area contributed by atoms with Crippen LogP contribution in [0.4, 0.5) is 0 Å². The molecule has 100 valence electrons. The molecule has 1 aromatic rings. The van der Waals surface area contributed by atoms with Crippen molar-refractivity contribution in [2.45, 2.75) is 39.2 Å². The van der Waals surface area contributed by atoms with E-state index in [1.807, 2.05) is 19.9 Å². The molecule has 0 bridgehead atoms. The molecule has 1 aliphatic carbocycles. The Kier molecular flexibility index (Phi) is 4.42. The Morgan fingerprint density at radius 1 is 1.61 bits per heavy atom. The predicted octanol–water partition coefficient (Wildman–Crippen LogP) is 2.02. The number of hydrogen-bond acceptors (Lipinski definition) is 3. The minimum atomic E-state index is 0.00206. The van der Waals surface area contributed by atoms with Gasteiger partial charge in [-0.15, -0.1) is 0 Å². The van der Waals surface area contributed by atoms with Gasteiger partial charge in [-0.25, -0.2) is 0 Å². The molecule has 2 rings (SSSR count). The number of rotatable bonds is 5. The van der Waals surface area contributed by atoms with Gasteiger partial charge in [0.05, 0.1) is 12.3 Å². The molecule has 1 heterocycles. The smallest absolute Gasteiger partial charge is 0.224 e. The summed E-state index contributed by atoms with van der Waals surface area (Å²) in [4.78, 5) is 12.1. The number of nitrogens with one attached hydrogen (secondary N) is 2. The maximum absolute atomic E-state index is 12.1. The van der Waals surface area contributed by atoms with Crippen LogP contribution in [0.2, 0.25) is 0 Å². The fourth-order valence-corrected chi connectivity index (χ4v) is 2.40. The SMILES string of the molecule is CCNCC(C)C(=O)NC1CCCc2occc21. The van der Waals surface area contributed by atoms with Crippen LogP contribution in [-0.2, 0) is 11.2 Å². The van der Waals surface area contributed by atoms with E-state index in [1.165, 1.54) is 0 Å². The van der Waals surface area contributed by atoms with E-state index in [0.717, 1.165) is 43.7 Å². The Labute approximate surface area is 108 Å². The molecule has 18 heavy (non-hydrogen) atoms. The van der Waals surface area contributed by atoms with E-state index in [4.69, 9.17) is 4.42 Å². The van der Waals surface area contributed by atoms with E-state index in [9.17, 15) is 4.79 Å². The van der Waals surface area contributed by atoms with Crippen molar-refractivity contribution < 1.29 is 9.21 Å². The summed E-state index contributed by atoms with van der Waals surface area (Å²) in [6, 6.07) is 2.11. The van der Waals surface area contributed by atoms with Gasteiger partial charge in [0.15, 0.2) is 0 Å². The van der Waals surface area contributed by atoms with Gasteiger partial charge in [-0.05, 0) is 25.5 Å². The molecule has 1 amide bonds. The van der Waals surface area contributed by atoms with Crippen molar-refractivity contribution in [3.63, 3.8) is 0 Å². The summed E-state index contributed by atoms with van der Waals surface area (Å²) >= 11 is 0. The zero-order valence-electron chi connectivity index (χ0n) is 11.2. The Hall–Kier alpha value is -1.29. The van der Waals surface area contributed by atoms with Crippen LogP contribution in [0.1, 0.15) is 44.1 Å². The molecule has 2 unspecified atom stereocenters. The summed E-state index contributed by atoms with van der Waals surface area (Å²) < 4.78 is 5.43. The highest BCUT2D eigenvalue weighted by molar-refractivity contribution is 5.79. The van der Waals surface area contributed by atoms with Crippen LogP contribution < -0.4 is 10.6 Å². The second kappa shape index (κ2) is 6.05. The van der Waals surface area contributed by atoms with Crippen LogP contribution in [0.3, 0.4) is 0 Å². The minimum absolute atomic E-state index is 0.00206. The lowest BCUT2D eigenvalue weighted by Crippen LogP contribution is -2.38. The van der Waals surface area contributed by atoms with Gasteiger partial charge >= 0.3 is 0 Å². The molecule has 0 spiro atoms. The predicted molar refractivity (Wildman–Crippen MR) is 70.2 cm³/mol. The first kappa shape index (κ1) is 13.1. The van der Waals surface area contributed by atoms with Gasteiger partial charge in [-0.2, -0.15) is 0 Å². The van der Waals surface area contributed by atoms with Crippen LogP contribution in [0.15, 0.2) is 16.7 Å². The first-order valence-electron chi connectivity index (χ1n) is 6.79. The molecule has 1 aliphatic rings. The van der Waals surface area contributed by atoms with Crippen LogP contribution >= 0.6 is 0 Å². The lowest BCUT2D eigenvalue weighted by atomic mass is 9.93. The van der Waals surface area contributed by atoms with Crippen LogP contribution in [-0.4, -0.2) is 19.0 Å². The minimum Gasteiger partial charge on any atom is -0.469 e. The fraction of sp³-hybridized carbons (Fsp3) is 0.643. The van der Waals surface area contributed by atoms with Gasteiger partial charge in [0, 0.05) is 24.4 Å². The van der Waals surface area contributed by atoms with Crippen molar-refractivity contribution in [2.24, 2.45) is 5.92 Å². The first-order valence-corrected chi connectivity index (χ1v) is 6.79. The van der Waals surface area contributed by atoms with Gasteiger partial charge < -0.3 is 15.1 Å². The number of amides is 1. The second-order valence-electron chi connectivity index (χ2n) is 4.96. The highest BCUT2D eigenvalue weighted by Crippen LogP contribution is 2.30. The lowest BCUT2D eigenvalue weighted by molar-refractivity contribution is -0.125. The molecular weight excluding hydrogens is 228 g/mol. The average molecular weight is 250 g/mol. The summed E-state index contributed by atoms with van der Waals surface area (Å²) in [6.07, 6.45) is 4.79. The molecule has 0 aliphatic heterocycles. The lowest BCUT2D eigenvalue weighted by Gasteiger charge is -2.24. The molecule has 0 aromatic carbocycles. The quantitative estimate of drug-likeness (QED) is 0.840. The Morgan fingerprint density at radius 2 is 2.44 bits per heavy atom. The Morgan fingerprint density at radius 3 is 3.22 bits per heavy atom. The normalized spacial score (nSPS) is 20.2. The molecule has 0 fully saturated rings. The summed E-state index contributed by atoms with van der Waals surface area (Å²) in [5.41, 5.74) is 1.16. The molecule has 2 N–H and O–H groups in total. The fourth-order valence-electron chi connectivity index (χ4n) is 2.40. The summed E-state index contributed by atoms with van der Waals surface area (Å²) in [7, 11) is 0. The second-order valence-corrected chi connectivity index (χ2v) is 4.96.